The lowest BCUT2D eigenvalue weighted by Crippen LogP contribution is -2.47. The molecule has 0 spiro atoms. The minimum absolute atomic E-state index is 0.183. The molecule has 5 nitrogen and oxygen atoms in total. The molecule has 25 heavy (non-hydrogen) atoms. The first-order valence-electron chi connectivity index (χ1n) is 8.68. The molecule has 130 valence electrons. The number of allylic oxidation sites excluding steroid dienone is 2. The highest BCUT2D eigenvalue weighted by Crippen LogP contribution is 2.35. The number of nitriles is 1. The summed E-state index contributed by atoms with van der Waals surface area (Å²) >= 11 is 0. The lowest BCUT2D eigenvalue weighted by atomic mass is 9.80. The Morgan fingerprint density at radius 2 is 2.00 bits per heavy atom. The van der Waals surface area contributed by atoms with E-state index in [2.05, 4.69) is 48.2 Å². The second-order valence-electron chi connectivity index (χ2n) is 6.81. The van der Waals surface area contributed by atoms with Crippen LogP contribution in [0.4, 0.5) is 11.4 Å². The standard InChI is InChI=1S/C20H25N5/c1-24-14-20(25(2)19-8-4-3-7-18(19)24)16(12-22)13-23-17-10-15(11-17)6-5-9-21/h3-8,12-13,15,17,20H,10-11,14,22H2,1-2H3/b6-5+,16-12?,23-13?. The summed E-state index contributed by atoms with van der Waals surface area (Å²) in [6.07, 6.45) is 9.19. The molecule has 2 aliphatic rings. The van der Waals surface area contributed by atoms with Gasteiger partial charge in [-0.05, 0) is 30.9 Å². The van der Waals surface area contributed by atoms with Gasteiger partial charge in [-0.1, -0.05) is 18.2 Å². The van der Waals surface area contributed by atoms with Gasteiger partial charge in [0.1, 0.15) is 0 Å². The number of fused-ring (bicyclic) bond motifs is 1. The molecule has 0 saturated heterocycles. The maximum Gasteiger partial charge on any atom is 0.0908 e. The van der Waals surface area contributed by atoms with Crippen molar-refractivity contribution in [3.63, 3.8) is 0 Å². The number of para-hydroxylation sites is 2. The van der Waals surface area contributed by atoms with Crippen molar-refractivity contribution >= 4 is 17.6 Å². The first kappa shape index (κ1) is 17.1. The fourth-order valence-electron chi connectivity index (χ4n) is 3.58. The predicted molar refractivity (Wildman–Crippen MR) is 104 cm³/mol. The van der Waals surface area contributed by atoms with Crippen LogP contribution in [0.25, 0.3) is 0 Å². The van der Waals surface area contributed by atoms with Gasteiger partial charge in [0.15, 0.2) is 0 Å². The number of benzene rings is 1. The first-order chi connectivity index (χ1) is 12.1. The maximum atomic E-state index is 8.57. The molecule has 2 N–H and O–H groups in total. The van der Waals surface area contributed by atoms with Crippen LogP contribution in [0.2, 0.25) is 0 Å². The minimum Gasteiger partial charge on any atom is -0.404 e. The smallest absolute Gasteiger partial charge is 0.0908 e. The Labute approximate surface area is 149 Å². The highest BCUT2D eigenvalue weighted by molar-refractivity contribution is 5.84. The molecule has 0 aromatic heterocycles. The van der Waals surface area contributed by atoms with Gasteiger partial charge in [0, 0.05) is 44.7 Å². The van der Waals surface area contributed by atoms with Crippen molar-refractivity contribution in [1.29, 1.82) is 5.26 Å². The monoisotopic (exact) mass is 335 g/mol. The van der Waals surface area contributed by atoms with Gasteiger partial charge in [0.05, 0.1) is 29.5 Å². The molecule has 0 amide bonds. The van der Waals surface area contributed by atoms with Crippen molar-refractivity contribution in [2.45, 2.75) is 24.9 Å². The normalized spacial score (nSPS) is 26.6. The van der Waals surface area contributed by atoms with Crippen molar-refractivity contribution < 1.29 is 0 Å². The van der Waals surface area contributed by atoms with E-state index < -0.39 is 0 Å². The lowest BCUT2D eigenvalue weighted by molar-refractivity contribution is 0.327. The van der Waals surface area contributed by atoms with Gasteiger partial charge in [-0.3, -0.25) is 4.99 Å². The highest BCUT2D eigenvalue weighted by atomic mass is 15.3. The quantitative estimate of drug-likeness (QED) is 0.678. The third-order valence-electron chi connectivity index (χ3n) is 5.19. The number of hydrogen-bond acceptors (Lipinski definition) is 5. The number of nitrogens with two attached hydrogens (primary N) is 1. The highest BCUT2D eigenvalue weighted by Gasteiger charge is 2.29. The fourth-order valence-corrected chi connectivity index (χ4v) is 3.58. The summed E-state index contributed by atoms with van der Waals surface area (Å²) in [6.45, 7) is 0.876. The molecule has 1 atom stereocenters. The first-order valence-corrected chi connectivity index (χ1v) is 8.68. The minimum atomic E-state index is 0.183. The van der Waals surface area contributed by atoms with E-state index in [-0.39, 0.29) is 6.04 Å². The maximum absolute atomic E-state index is 8.57. The zero-order valence-corrected chi connectivity index (χ0v) is 14.8. The summed E-state index contributed by atoms with van der Waals surface area (Å²) in [4.78, 5) is 9.26. The van der Waals surface area contributed by atoms with Gasteiger partial charge in [0.25, 0.3) is 0 Å². The van der Waals surface area contributed by atoms with E-state index in [1.807, 2.05) is 18.4 Å². The molecule has 0 bridgehead atoms. The Morgan fingerprint density at radius 1 is 1.28 bits per heavy atom. The van der Waals surface area contributed by atoms with Crippen LogP contribution >= 0.6 is 0 Å². The summed E-state index contributed by atoms with van der Waals surface area (Å²) in [5, 5.41) is 8.57. The van der Waals surface area contributed by atoms with E-state index in [4.69, 9.17) is 16.0 Å². The van der Waals surface area contributed by atoms with E-state index >= 15 is 0 Å². The third-order valence-corrected chi connectivity index (χ3v) is 5.19. The van der Waals surface area contributed by atoms with E-state index in [1.165, 1.54) is 11.4 Å². The Kier molecular flexibility index (Phi) is 5.08. The van der Waals surface area contributed by atoms with Crippen molar-refractivity contribution in [2.24, 2.45) is 16.6 Å². The summed E-state index contributed by atoms with van der Waals surface area (Å²) in [5.41, 5.74) is 9.41. The summed E-state index contributed by atoms with van der Waals surface area (Å²) < 4.78 is 0. The summed E-state index contributed by atoms with van der Waals surface area (Å²) in [5.74, 6) is 0.488. The number of nitrogens with zero attached hydrogens (tertiary/aromatic N) is 4. The van der Waals surface area contributed by atoms with Gasteiger partial charge in [-0.2, -0.15) is 5.26 Å². The summed E-state index contributed by atoms with van der Waals surface area (Å²) in [6, 6.07) is 11.0. The van der Waals surface area contributed by atoms with Gasteiger partial charge in [-0.25, -0.2) is 0 Å². The Bertz CT molecular complexity index is 737. The molecule has 3 rings (SSSR count). The molecule has 1 fully saturated rings. The van der Waals surface area contributed by atoms with Gasteiger partial charge in [0.2, 0.25) is 0 Å². The van der Waals surface area contributed by atoms with Crippen LogP contribution < -0.4 is 15.5 Å². The second-order valence-corrected chi connectivity index (χ2v) is 6.81. The molecule has 1 unspecified atom stereocenters. The van der Waals surface area contributed by atoms with Crippen LogP contribution in [0, 0.1) is 17.2 Å². The molecule has 1 heterocycles. The van der Waals surface area contributed by atoms with E-state index in [9.17, 15) is 0 Å². The van der Waals surface area contributed by atoms with Crippen LogP contribution in [-0.2, 0) is 0 Å². The van der Waals surface area contributed by atoms with Gasteiger partial charge < -0.3 is 15.5 Å². The zero-order valence-electron chi connectivity index (χ0n) is 14.8. The average Bonchev–Trinajstić information content (AvgIpc) is 2.60. The zero-order chi connectivity index (χ0) is 17.8. The third kappa shape index (κ3) is 3.53. The number of aliphatic imine (C=N–C) groups is 1. The number of rotatable bonds is 4. The molecule has 1 aromatic rings. The van der Waals surface area contributed by atoms with Crippen LogP contribution in [-0.4, -0.2) is 38.9 Å². The molecule has 1 aliphatic carbocycles. The number of likely N-dealkylation sites (N-methyl/N-ethyl adjacent to an activating group) is 2. The van der Waals surface area contributed by atoms with Crippen molar-refractivity contribution in [2.75, 3.05) is 30.4 Å². The Morgan fingerprint density at radius 3 is 2.68 bits per heavy atom. The fraction of sp³-hybridized carbons (Fsp3) is 0.400. The average molecular weight is 335 g/mol. The van der Waals surface area contributed by atoms with Gasteiger partial charge >= 0.3 is 0 Å². The predicted octanol–water partition coefficient (Wildman–Crippen LogP) is 2.71. The molecule has 1 aromatic carbocycles. The van der Waals surface area contributed by atoms with Crippen molar-refractivity contribution in [1.82, 2.24) is 0 Å². The lowest BCUT2D eigenvalue weighted by Gasteiger charge is -2.41. The van der Waals surface area contributed by atoms with Crippen LogP contribution in [0.1, 0.15) is 12.8 Å². The van der Waals surface area contributed by atoms with Crippen molar-refractivity contribution in [3.05, 3.63) is 48.2 Å². The molecule has 1 aliphatic heterocycles. The van der Waals surface area contributed by atoms with Crippen LogP contribution in [0.3, 0.4) is 0 Å². The van der Waals surface area contributed by atoms with E-state index in [0.717, 1.165) is 25.0 Å². The van der Waals surface area contributed by atoms with Gasteiger partial charge in [-0.15, -0.1) is 0 Å². The van der Waals surface area contributed by atoms with Crippen LogP contribution in [0.5, 0.6) is 0 Å². The topological polar surface area (TPSA) is 68.6 Å². The molecule has 1 saturated carbocycles. The second kappa shape index (κ2) is 7.43. The van der Waals surface area contributed by atoms with Crippen LogP contribution in [0.15, 0.2) is 53.2 Å². The molecule has 0 radical (unpaired) electrons. The Balaban J connectivity index is 1.68. The number of anilines is 2. The van der Waals surface area contributed by atoms with Crippen molar-refractivity contribution in [3.8, 4) is 6.07 Å². The SMILES string of the molecule is CN1CC(C(C=NC2CC(/C=C/C#N)C2)=CN)N(C)c2ccccc21. The number of hydrogen-bond donors (Lipinski definition) is 1. The largest absolute Gasteiger partial charge is 0.404 e. The van der Waals surface area contributed by atoms with E-state index in [0.29, 0.717) is 12.0 Å². The molecular formula is C20H25N5. The molecule has 5 heteroatoms. The Hall–Kier alpha value is -2.74. The molecular weight excluding hydrogens is 310 g/mol. The van der Waals surface area contributed by atoms with E-state index in [1.54, 1.807) is 12.3 Å². The summed E-state index contributed by atoms with van der Waals surface area (Å²) in [7, 11) is 4.22.